The quantitative estimate of drug-likeness (QED) is 0.440. The molecule has 1 aliphatic rings. The normalized spacial score (nSPS) is 23.6. The van der Waals surface area contributed by atoms with Crippen molar-refractivity contribution in [1.82, 2.24) is 0 Å². The average molecular weight is 326 g/mol. The first kappa shape index (κ1) is 13.0. The number of halogens is 1. The van der Waals surface area contributed by atoms with E-state index in [1.165, 1.54) is 12.8 Å². The van der Waals surface area contributed by atoms with Gasteiger partial charge in [0, 0.05) is 3.42 Å². The van der Waals surface area contributed by atoms with Crippen LogP contribution in [-0.2, 0) is 4.43 Å². The zero-order valence-corrected chi connectivity index (χ0v) is 14.4. The third-order valence-electron chi connectivity index (χ3n) is 3.47. The molecule has 0 unspecified atom stereocenters. The van der Waals surface area contributed by atoms with E-state index in [1.807, 2.05) is 0 Å². The lowest BCUT2D eigenvalue weighted by Gasteiger charge is -2.52. The van der Waals surface area contributed by atoms with Crippen LogP contribution in [-0.4, -0.2) is 19.5 Å². The summed E-state index contributed by atoms with van der Waals surface area (Å²) in [5.41, 5.74) is 0.313. The van der Waals surface area contributed by atoms with Gasteiger partial charge in [0.1, 0.15) is 10.5 Å². The number of hydrogen-bond acceptors (Lipinski definition) is 1. The van der Waals surface area contributed by atoms with Crippen LogP contribution in [0.15, 0.2) is 0 Å². The van der Waals surface area contributed by atoms with Gasteiger partial charge in [-0.25, -0.2) is 0 Å². The molecule has 1 fully saturated rings. The summed E-state index contributed by atoms with van der Waals surface area (Å²) in [5.74, 6) is 0.784. The van der Waals surface area contributed by atoms with E-state index in [0.29, 0.717) is 0 Å². The van der Waals surface area contributed by atoms with Crippen LogP contribution < -0.4 is 0 Å². The molecule has 0 bridgehead atoms. The molecule has 1 aliphatic carbocycles. The number of alkyl halides is 1. The fourth-order valence-corrected chi connectivity index (χ4v) is 6.54. The minimum atomic E-state index is 0.0762. The molecule has 14 heavy (non-hydrogen) atoms. The van der Waals surface area contributed by atoms with E-state index in [2.05, 4.69) is 57.2 Å². The second-order valence-electron chi connectivity index (χ2n) is 5.94. The number of rotatable bonds is 3. The Balaban J connectivity index is 3.11. The molecule has 0 aromatic rings. The first-order chi connectivity index (χ1) is 6.17. The molecule has 1 nitrogen and oxygen atoms in total. The molecule has 0 N–H and O–H groups in total. The van der Waals surface area contributed by atoms with Crippen molar-refractivity contribution in [3.63, 3.8) is 0 Å². The summed E-state index contributed by atoms with van der Waals surface area (Å²) in [4.78, 5) is 0. The van der Waals surface area contributed by atoms with Crippen molar-refractivity contribution in [1.29, 1.82) is 0 Å². The lowest BCUT2D eigenvalue weighted by Crippen LogP contribution is -2.58. The molecule has 1 saturated carbocycles. The van der Waals surface area contributed by atoms with Gasteiger partial charge in [0.25, 0.3) is 0 Å². The minimum Gasteiger partial charge on any atom is -0.420 e. The molecule has 1 rings (SSSR count). The van der Waals surface area contributed by atoms with Crippen molar-refractivity contribution >= 4 is 33.1 Å². The Morgan fingerprint density at radius 3 is 1.64 bits per heavy atom. The maximum Gasteiger partial charge on any atom is 0.146 e. The molecule has 84 valence electrons. The zero-order chi connectivity index (χ0) is 11.2. The standard InChI is InChI=1S/C11H23IOSi/c1-9(2,3)11(13-14,8-6-7-8)10(4,5)12/h8H,6-7H2,1-5,14H3/t11-/m1/s1. The molecular formula is C11H23IOSi. The topological polar surface area (TPSA) is 9.23 Å². The van der Waals surface area contributed by atoms with Crippen molar-refractivity contribution in [2.45, 2.75) is 56.5 Å². The summed E-state index contributed by atoms with van der Waals surface area (Å²) in [6.45, 7) is 11.6. The van der Waals surface area contributed by atoms with Gasteiger partial charge in [-0.15, -0.1) is 0 Å². The summed E-state index contributed by atoms with van der Waals surface area (Å²) >= 11 is 2.57. The van der Waals surface area contributed by atoms with Gasteiger partial charge in [0.05, 0.1) is 5.60 Å². The maximum atomic E-state index is 6.12. The fraction of sp³-hybridized carbons (Fsp3) is 1.00. The Morgan fingerprint density at radius 1 is 1.14 bits per heavy atom. The lowest BCUT2D eigenvalue weighted by atomic mass is 9.67. The van der Waals surface area contributed by atoms with Gasteiger partial charge >= 0.3 is 0 Å². The molecule has 0 spiro atoms. The van der Waals surface area contributed by atoms with Crippen molar-refractivity contribution in [3.05, 3.63) is 0 Å². The molecule has 0 amide bonds. The van der Waals surface area contributed by atoms with Crippen LogP contribution in [0.4, 0.5) is 0 Å². The first-order valence-electron chi connectivity index (χ1n) is 5.41. The Kier molecular flexibility index (Phi) is 3.46. The third-order valence-corrected chi connectivity index (χ3v) is 4.92. The van der Waals surface area contributed by atoms with E-state index in [9.17, 15) is 0 Å². The molecule has 0 aliphatic heterocycles. The monoisotopic (exact) mass is 326 g/mol. The Hall–Kier alpha value is 0.907. The molecule has 0 aromatic carbocycles. The van der Waals surface area contributed by atoms with Gasteiger partial charge < -0.3 is 4.43 Å². The SMILES string of the molecule is CC(C)(C)[C@](O[SiH3])(C1CC1)C(C)(C)I. The summed E-state index contributed by atoms with van der Waals surface area (Å²) in [5, 5.41) is 0. The van der Waals surface area contributed by atoms with E-state index >= 15 is 0 Å². The van der Waals surface area contributed by atoms with Crippen molar-refractivity contribution < 1.29 is 4.43 Å². The highest BCUT2D eigenvalue weighted by Crippen LogP contribution is 2.58. The van der Waals surface area contributed by atoms with E-state index in [1.54, 1.807) is 0 Å². The summed E-state index contributed by atoms with van der Waals surface area (Å²) in [6, 6.07) is 0. The highest BCUT2D eigenvalue weighted by Gasteiger charge is 2.59. The molecule has 0 aromatic heterocycles. The summed E-state index contributed by atoms with van der Waals surface area (Å²) < 4.78 is 6.34. The summed E-state index contributed by atoms with van der Waals surface area (Å²) in [7, 11) is 0.841. The van der Waals surface area contributed by atoms with Crippen LogP contribution in [0, 0.1) is 11.3 Å². The predicted molar refractivity (Wildman–Crippen MR) is 74.0 cm³/mol. The van der Waals surface area contributed by atoms with Gasteiger partial charge in [-0.3, -0.25) is 0 Å². The minimum absolute atomic E-state index is 0.0762. The van der Waals surface area contributed by atoms with Crippen LogP contribution >= 0.6 is 22.6 Å². The summed E-state index contributed by atoms with van der Waals surface area (Å²) in [6.07, 6.45) is 2.71. The smallest absolute Gasteiger partial charge is 0.146 e. The Labute approximate surface area is 105 Å². The fourth-order valence-electron chi connectivity index (χ4n) is 3.19. The van der Waals surface area contributed by atoms with Crippen LogP contribution in [0.25, 0.3) is 0 Å². The maximum absolute atomic E-state index is 6.12. The van der Waals surface area contributed by atoms with Crippen molar-refractivity contribution in [2.24, 2.45) is 11.3 Å². The second kappa shape index (κ2) is 3.73. The molecular weight excluding hydrogens is 303 g/mol. The molecule has 3 heteroatoms. The van der Waals surface area contributed by atoms with Gasteiger partial charge in [-0.2, -0.15) is 0 Å². The highest BCUT2D eigenvalue weighted by molar-refractivity contribution is 14.1. The molecule has 0 heterocycles. The van der Waals surface area contributed by atoms with Gasteiger partial charge in [-0.1, -0.05) is 43.4 Å². The van der Waals surface area contributed by atoms with Gasteiger partial charge in [0.15, 0.2) is 0 Å². The Bertz CT molecular complexity index is 196. The molecule has 0 radical (unpaired) electrons. The van der Waals surface area contributed by atoms with Gasteiger partial charge in [0.2, 0.25) is 0 Å². The van der Waals surface area contributed by atoms with E-state index in [0.717, 1.165) is 16.4 Å². The van der Waals surface area contributed by atoms with Crippen molar-refractivity contribution in [3.8, 4) is 0 Å². The van der Waals surface area contributed by atoms with Crippen molar-refractivity contribution in [2.75, 3.05) is 0 Å². The second-order valence-corrected chi connectivity index (χ2v) is 9.04. The third kappa shape index (κ3) is 1.92. The van der Waals surface area contributed by atoms with E-state index in [4.69, 9.17) is 4.43 Å². The van der Waals surface area contributed by atoms with Crippen LogP contribution in [0.3, 0.4) is 0 Å². The molecule has 0 saturated heterocycles. The average Bonchev–Trinajstić information content (AvgIpc) is 2.66. The lowest BCUT2D eigenvalue weighted by molar-refractivity contribution is -0.0661. The Morgan fingerprint density at radius 2 is 1.57 bits per heavy atom. The zero-order valence-electron chi connectivity index (χ0n) is 10.3. The largest absolute Gasteiger partial charge is 0.420 e. The van der Waals surface area contributed by atoms with Crippen LogP contribution in [0.1, 0.15) is 47.5 Å². The van der Waals surface area contributed by atoms with Crippen LogP contribution in [0.2, 0.25) is 0 Å². The molecule has 1 atom stereocenters. The number of hydrogen-bond donors (Lipinski definition) is 0. The van der Waals surface area contributed by atoms with E-state index < -0.39 is 0 Å². The van der Waals surface area contributed by atoms with Gasteiger partial charge in [-0.05, 0) is 38.0 Å². The first-order valence-corrected chi connectivity index (χ1v) is 7.30. The van der Waals surface area contributed by atoms with Crippen LogP contribution in [0.5, 0.6) is 0 Å². The van der Waals surface area contributed by atoms with E-state index in [-0.39, 0.29) is 14.4 Å². The predicted octanol–water partition coefficient (Wildman–Crippen LogP) is 2.69. The highest BCUT2D eigenvalue weighted by atomic mass is 127.